The van der Waals surface area contributed by atoms with E-state index in [9.17, 15) is 0 Å². The molecular formula is C15H18N2. The molecule has 88 valence electrons. The summed E-state index contributed by atoms with van der Waals surface area (Å²) in [5.74, 6) is 0. The van der Waals surface area contributed by atoms with E-state index in [1.807, 2.05) is 26.0 Å². The third kappa shape index (κ3) is 1.98. The van der Waals surface area contributed by atoms with E-state index >= 15 is 0 Å². The molecule has 17 heavy (non-hydrogen) atoms. The average molecular weight is 226 g/mol. The molecule has 0 fully saturated rings. The van der Waals surface area contributed by atoms with Crippen LogP contribution in [0.15, 0.2) is 48.5 Å². The molecule has 3 rings (SSSR count). The summed E-state index contributed by atoms with van der Waals surface area (Å²) >= 11 is 0. The molecular weight excluding hydrogens is 208 g/mol. The van der Waals surface area contributed by atoms with Gasteiger partial charge in [0.15, 0.2) is 0 Å². The minimum absolute atomic E-state index is 1.17. The van der Waals surface area contributed by atoms with Gasteiger partial charge in [0.25, 0.3) is 0 Å². The lowest BCUT2D eigenvalue weighted by molar-refractivity contribution is 1.19. The summed E-state index contributed by atoms with van der Waals surface area (Å²) in [5.41, 5.74) is 4.77. The lowest BCUT2D eigenvalue weighted by atomic mass is 10.1. The van der Waals surface area contributed by atoms with Crippen molar-refractivity contribution in [2.24, 2.45) is 0 Å². The van der Waals surface area contributed by atoms with Crippen LogP contribution in [0, 0.1) is 0 Å². The fraction of sp³-hybridized carbons (Fsp3) is 0.200. The largest absolute Gasteiger partial charge is 0.352 e. The van der Waals surface area contributed by atoms with Crippen molar-refractivity contribution in [3.8, 4) is 0 Å². The highest BCUT2D eigenvalue weighted by atomic mass is 15.2. The number of nitrogens with one attached hydrogen (secondary N) is 1. The maximum atomic E-state index is 3.43. The second-order valence-corrected chi connectivity index (χ2v) is 3.72. The molecule has 0 saturated heterocycles. The molecule has 0 amide bonds. The van der Waals surface area contributed by atoms with Crippen LogP contribution in [0.3, 0.4) is 0 Å². The first-order valence-corrected chi connectivity index (χ1v) is 6.05. The second-order valence-electron chi connectivity index (χ2n) is 3.72. The van der Waals surface area contributed by atoms with E-state index in [0.717, 1.165) is 0 Å². The summed E-state index contributed by atoms with van der Waals surface area (Å²) in [6.45, 7) is 4.00. The van der Waals surface area contributed by atoms with Gasteiger partial charge in [-0.05, 0) is 24.3 Å². The summed E-state index contributed by atoms with van der Waals surface area (Å²) in [6.07, 6.45) is 0. The monoisotopic (exact) mass is 226 g/mol. The summed E-state index contributed by atoms with van der Waals surface area (Å²) in [6, 6.07) is 16.7. The van der Waals surface area contributed by atoms with E-state index in [4.69, 9.17) is 0 Å². The van der Waals surface area contributed by atoms with Crippen molar-refractivity contribution < 1.29 is 0 Å². The predicted molar refractivity (Wildman–Crippen MR) is 75.6 cm³/mol. The van der Waals surface area contributed by atoms with Crippen molar-refractivity contribution in [2.45, 2.75) is 13.8 Å². The van der Waals surface area contributed by atoms with Gasteiger partial charge in [-0.3, -0.25) is 0 Å². The molecule has 2 aromatic carbocycles. The Morgan fingerprint density at radius 2 is 1.18 bits per heavy atom. The Balaban J connectivity index is 0.000000514. The number of rotatable bonds is 0. The van der Waals surface area contributed by atoms with Crippen molar-refractivity contribution in [1.82, 2.24) is 0 Å². The van der Waals surface area contributed by atoms with Gasteiger partial charge < -0.3 is 10.2 Å². The molecule has 0 spiro atoms. The molecule has 0 radical (unpaired) electrons. The summed E-state index contributed by atoms with van der Waals surface area (Å²) in [4.78, 5) is 2.21. The number of benzene rings is 2. The number of hydrogen-bond donors (Lipinski definition) is 1. The lowest BCUT2D eigenvalue weighted by Gasteiger charge is -2.30. The Hall–Kier alpha value is -1.96. The zero-order valence-corrected chi connectivity index (χ0v) is 10.6. The van der Waals surface area contributed by atoms with Gasteiger partial charge in [-0.25, -0.2) is 0 Å². The van der Waals surface area contributed by atoms with Gasteiger partial charge in [-0.15, -0.1) is 0 Å². The van der Waals surface area contributed by atoms with E-state index < -0.39 is 0 Å². The Bertz CT molecular complexity index is 460. The summed E-state index contributed by atoms with van der Waals surface area (Å²) in [5, 5.41) is 3.43. The standard InChI is InChI=1S/C13H12N2.C2H6/c1-15-12-8-4-2-6-10(12)14-11-7-3-5-9-13(11)15;1-2/h2-9,14H,1H3;1-2H3. The second kappa shape index (κ2) is 4.91. The Morgan fingerprint density at radius 3 is 1.65 bits per heavy atom. The molecule has 0 atom stereocenters. The van der Waals surface area contributed by atoms with E-state index in [0.29, 0.717) is 0 Å². The van der Waals surface area contributed by atoms with Crippen LogP contribution in [0.4, 0.5) is 22.7 Å². The van der Waals surface area contributed by atoms with Crippen LogP contribution in [-0.2, 0) is 0 Å². The highest BCUT2D eigenvalue weighted by Gasteiger charge is 2.17. The number of hydrogen-bond acceptors (Lipinski definition) is 2. The maximum Gasteiger partial charge on any atom is 0.0647 e. The number of anilines is 4. The first kappa shape index (κ1) is 11.5. The molecule has 2 heteroatoms. The molecule has 0 saturated carbocycles. The Kier molecular flexibility index (Phi) is 3.33. The average Bonchev–Trinajstić information content (AvgIpc) is 2.41. The van der Waals surface area contributed by atoms with Crippen LogP contribution in [0.2, 0.25) is 0 Å². The molecule has 1 aliphatic heterocycles. The fourth-order valence-corrected chi connectivity index (χ4v) is 2.02. The molecule has 0 unspecified atom stereocenters. The summed E-state index contributed by atoms with van der Waals surface area (Å²) < 4.78 is 0. The normalized spacial score (nSPS) is 11.6. The van der Waals surface area contributed by atoms with Crippen molar-refractivity contribution in [3.05, 3.63) is 48.5 Å². The predicted octanol–water partition coefficient (Wildman–Crippen LogP) is 4.54. The smallest absolute Gasteiger partial charge is 0.0647 e. The van der Waals surface area contributed by atoms with E-state index in [-0.39, 0.29) is 0 Å². The SMILES string of the molecule is CC.CN1c2ccccc2Nc2ccccc21. The van der Waals surface area contributed by atoms with E-state index in [1.54, 1.807) is 0 Å². The zero-order valence-electron chi connectivity index (χ0n) is 10.6. The van der Waals surface area contributed by atoms with Gasteiger partial charge in [0.1, 0.15) is 0 Å². The first-order chi connectivity index (χ1) is 8.36. The maximum absolute atomic E-state index is 3.43. The molecule has 2 aromatic rings. The van der Waals surface area contributed by atoms with Gasteiger partial charge >= 0.3 is 0 Å². The third-order valence-electron chi connectivity index (χ3n) is 2.80. The molecule has 0 aliphatic carbocycles. The number of fused-ring (bicyclic) bond motifs is 2. The Labute approximate surface area is 103 Å². The third-order valence-corrected chi connectivity index (χ3v) is 2.80. The first-order valence-electron chi connectivity index (χ1n) is 6.05. The van der Waals surface area contributed by atoms with Crippen molar-refractivity contribution in [1.29, 1.82) is 0 Å². The van der Waals surface area contributed by atoms with Crippen LogP contribution in [0.1, 0.15) is 13.8 Å². The Morgan fingerprint density at radius 1 is 0.765 bits per heavy atom. The van der Waals surface area contributed by atoms with Crippen LogP contribution >= 0.6 is 0 Å². The molecule has 0 bridgehead atoms. The van der Waals surface area contributed by atoms with Crippen molar-refractivity contribution in [3.63, 3.8) is 0 Å². The number of para-hydroxylation sites is 4. The molecule has 0 aromatic heterocycles. The lowest BCUT2D eigenvalue weighted by Crippen LogP contribution is -2.17. The van der Waals surface area contributed by atoms with Crippen molar-refractivity contribution >= 4 is 22.7 Å². The van der Waals surface area contributed by atoms with Gasteiger partial charge in [0.05, 0.1) is 22.7 Å². The van der Waals surface area contributed by atoms with Crippen LogP contribution in [0.25, 0.3) is 0 Å². The number of nitrogens with zero attached hydrogens (tertiary/aromatic N) is 1. The van der Waals surface area contributed by atoms with Gasteiger partial charge in [0.2, 0.25) is 0 Å². The topological polar surface area (TPSA) is 15.3 Å². The highest BCUT2D eigenvalue weighted by Crippen LogP contribution is 2.41. The van der Waals surface area contributed by atoms with E-state index in [1.165, 1.54) is 22.7 Å². The van der Waals surface area contributed by atoms with Gasteiger partial charge in [-0.2, -0.15) is 0 Å². The minimum atomic E-state index is 1.17. The quantitative estimate of drug-likeness (QED) is 0.709. The molecule has 1 aliphatic rings. The van der Waals surface area contributed by atoms with Gasteiger partial charge in [-0.1, -0.05) is 38.1 Å². The summed E-state index contributed by atoms with van der Waals surface area (Å²) in [7, 11) is 2.10. The minimum Gasteiger partial charge on any atom is -0.352 e. The van der Waals surface area contributed by atoms with Crippen LogP contribution < -0.4 is 10.2 Å². The zero-order chi connectivity index (χ0) is 12.3. The van der Waals surface area contributed by atoms with Gasteiger partial charge in [0, 0.05) is 7.05 Å². The molecule has 2 nitrogen and oxygen atoms in total. The molecule has 1 N–H and O–H groups in total. The fourth-order valence-electron chi connectivity index (χ4n) is 2.02. The molecule has 1 heterocycles. The van der Waals surface area contributed by atoms with Crippen molar-refractivity contribution in [2.75, 3.05) is 17.3 Å². The van der Waals surface area contributed by atoms with Crippen LogP contribution in [0.5, 0.6) is 0 Å². The van der Waals surface area contributed by atoms with Crippen LogP contribution in [-0.4, -0.2) is 7.05 Å². The highest BCUT2D eigenvalue weighted by molar-refractivity contribution is 5.91. The van der Waals surface area contributed by atoms with E-state index in [2.05, 4.69) is 53.7 Å².